The van der Waals surface area contributed by atoms with Crippen LogP contribution < -0.4 is 5.32 Å². The molecule has 128 valence electrons. The van der Waals surface area contributed by atoms with Gasteiger partial charge in [0, 0.05) is 11.3 Å². The van der Waals surface area contributed by atoms with Crippen LogP contribution >= 0.6 is 11.3 Å². The number of rotatable bonds is 3. The van der Waals surface area contributed by atoms with E-state index in [9.17, 15) is 9.90 Å². The number of aryl methyl sites for hydroxylation is 1. The molecule has 0 spiro atoms. The number of hydrogen-bond acceptors (Lipinski definition) is 4. The number of carbonyl (C=O) groups is 1. The number of fused-ring (bicyclic) bond motifs is 1. The van der Waals surface area contributed by atoms with Crippen molar-refractivity contribution >= 4 is 33.1 Å². The first-order valence-electron chi connectivity index (χ1n) is 8.17. The van der Waals surface area contributed by atoms with Crippen LogP contribution in [0.5, 0.6) is 5.75 Å². The summed E-state index contributed by atoms with van der Waals surface area (Å²) in [7, 11) is 0. The molecule has 4 nitrogen and oxygen atoms in total. The third-order valence-electron chi connectivity index (χ3n) is 4.08. The van der Waals surface area contributed by atoms with Gasteiger partial charge in [-0.1, -0.05) is 18.2 Å². The van der Waals surface area contributed by atoms with Crippen molar-refractivity contribution in [3.63, 3.8) is 0 Å². The maximum absolute atomic E-state index is 12.3. The second-order valence-electron chi connectivity index (χ2n) is 6.04. The topological polar surface area (TPSA) is 62.2 Å². The first-order valence-corrected chi connectivity index (χ1v) is 8.99. The lowest BCUT2D eigenvalue weighted by Gasteiger charge is -2.07. The third kappa shape index (κ3) is 3.17. The molecular formula is C21H16N2O2S. The Kier molecular flexibility index (Phi) is 4.14. The molecule has 0 saturated carbocycles. The molecule has 0 fully saturated rings. The van der Waals surface area contributed by atoms with E-state index in [1.165, 1.54) is 11.6 Å². The Hall–Kier alpha value is -3.18. The Balaban J connectivity index is 1.56. The normalized spacial score (nSPS) is 10.8. The molecule has 0 aliphatic carbocycles. The minimum absolute atomic E-state index is 0.0358. The summed E-state index contributed by atoms with van der Waals surface area (Å²) < 4.78 is 1.16. The van der Waals surface area contributed by atoms with Gasteiger partial charge in [0.2, 0.25) is 0 Å². The fraction of sp³-hybridized carbons (Fsp3) is 0.0476. The van der Waals surface area contributed by atoms with Crippen LogP contribution in [0.1, 0.15) is 15.9 Å². The molecule has 3 aromatic carbocycles. The molecule has 1 amide bonds. The van der Waals surface area contributed by atoms with Crippen molar-refractivity contribution in [1.29, 1.82) is 0 Å². The minimum atomic E-state index is -0.341. The first-order chi connectivity index (χ1) is 12.6. The van der Waals surface area contributed by atoms with Crippen LogP contribution in [0.25, 0.3) is 20.8 Å². The summed E-state index contributed by atoms with van der Waals surface area (Å²) in [5, 5.41) is 13.5. The van der Waals surface area contributed by atoms with Crippen molar-refractivity contribution in [1.82, 2.24) is 4.98 Å². The molecule has 0 atom stereocenters. The van der Waals surface area contributed by atoms with Gasteiger partial charge in [0.1, 0.15) is 10.8 Å². The zero-order chi connectivity index (χ0) is 18.1. The van der Waals surface area contributed by atoms with Gasteiger partial charge < -0.3 is 10.4 Å². The van der Waals surface area contributed by atoms with Crippen LogP contribution in [0.3, 0.4) is 0 Å². The number of benzene rings is 3. The predicted molar refractivity (Wildman–Crippen MR) is 106 cm³/mol. The zero-order valence-electron chi connectivity index (χ0n) is 14.1. The minimum Gasteiger partial charge on any atom is -0.507 e. The molecule has 0 aliphatic heterocycles. The molecule has 26 heavy (non-hydrogen) atoms. The van der Waals surface area contributed by atoms with Gasteiger partial charge in [-0.15, -0.1) is 11.3 Å². The molecule has 1 aromatic heterocycles. The van der Waals surface area contributed by atoms with E-state index in [2.05, 4.69) is 29.4 Å². The van der Waals surface area contributed by atoms with E-state index >= 15 is 0 Å². The van der Waals surface area contributed by atoms with Gasteiger partial charge in [0.05, 0.1) is 15.8 Å². The van der Waals surface area contributed by atoms with Crippen LogP contribution in [0.4, 0.5) is 5.69 Å². The maximum atomic E-state index is 12.3. The molecule has 1 heterocycles. The smallest absolute Gasteiger partial charge is 0.259 e. The fourth-order valence-electron chi connectivity index (χ4n) is 2.72. The number of phenolic OH excluding ortho intramolecular Hbond substituents is 1. The van der Waals surface area contributed by atoms with Gasteiger partial charge in [-0.25, -0.2) is 4.98 Å². The Labute approximate surface area is 154 Å². The molecule has 4 rings (SSSR count). The highest BCUT2D eigenvalue weighted by atomic mass is 32.1. The zero-order valence-corrected chi connectivity index (χ0v) is 14.9. The summed E-state index contributed by atoms with van der Waals surface area (Å²) in [5.74, 6) is -0.377. The third-order valence-corrected chi connectivity index (χ3v) is 5.15. The van der Waals surface area contributed by atoms with E-state index in [1.807, 2.05) is 30.3 Å². The second kappa shape index (κ2) is 6.61. The summed E-state index contributed by atoms with van der Waals surface area (Å²) in [4.78, 5) is 16.9. The van der Waals surface area contributed by atoms with Crippen LogP contribution in [-0.4, -0.2) is 16.0 Å². The lowest BCUT2D eigenvalue weighted by atomic mass is 10.1. The average Bonchev–Trinajstić information content (AvgIpc) is 3.05. The molecule has 4 aromatic rings. The van der Waals surface area contributed by atoms with E-state index in [4.69, 9.17) is 0 Å². The molecular weight excluding hydrogens is 344 g/mol. The van der Waals surface area contributed by atoms with Crippen molar-refractivity contribution in [2.75, 3.05) is 5.32 Å². The van der Waals surface area contributed by atoms with Gasteiger partial charge in [0.25, 0.3) is 5.91 Å². The number of phenols is 1. The van der Waals surface area contributed by atoms with Crippen LogP contribution in [0.15, 0.2) is 66.7 Å². The molecule has 0 unspecified atom stereocenters. The first kappa shape index (κ1) is 16.3. The number of amides is 1. The Morgan fingerprint density at radius 3 is 2.58 bits per heavy atom. The van der Waals surface area contributed by atoms with Gasteiger partial charge in [-0.05, 0) is 61.0 Å². The second-order valence-corrected chi connectivity index (χ2v) is 7.07. The van der Waals surface area contributed by atoms with Gasteiger partial charge >= 0.3 is 0 Å². The van der Waals surface area contributed by atoms with E-state index in [0.717, 1.165) is 20.8 Å². The molecule has 0 radical (unpaired) electrons. The van der Waals surface area contributed by atoms with Gasteiger partial charge in [0.15, 0.2) is 0 Å². The van der Waals surface area contributed by atoms with Crippen LogP contribution in [0, 0.1) is 6.92 Å². The molecule has 5 heteroatoms. The van der Waals surface area contributed by atoms with Gasteiger partial charge in [-0.2, -0.15) is 0 Å². The SMILES string of the molecule is Cc1ccc2nc(-c3ccc(NC(=O)c4ccccc4O)cc3)sc2c1. The lowest BCUT2D eigenvalue weighted by Crippen LogP contribution is -2.11. The van der Waals surface area contributed by atoms with Crippen molar-refractivity contribution in [3.05, 3.63) is 77.9 Å². The van der Waals surface area contributed by atoms with Crippen molar-refractivity contribution < 1.29 is 9.90 Å². The summed E-state index contributed by atoms with van der Waals surface area (Å²) in [6, 6.07) is 20.2. The maximum Gasteiger partial charge on any atom is 0.259 e. The number of para-hydroxylation sites is 1. The molecule has 0 saturated heterocycles. The van der Waals surface area contributed by atoms with E-state index < -0.39 is 0 Å². The highest BCUT2D eigenvalue weighted by Crippen LogP contribution is 2.31. The Bertz CT molecular complexity index is 1100. The average molecular weight is 360 g/mol. The Morgan fingerprint density at radius 2 is 1.81 bits per heavy atom. The van der Waals surface area contributed by atoms with Crippen LogP contribution in [-0.2, 0) is 0 Å². The summed E-state index contributed by atoms with van der Waals surface area (Å²) in [6.07, 6.45) is 0. The molecule has 0 bridgehead atoms. The number of anilines is 1. The number of nitrogens with zero attached hydrogens (tertiary/aromatic N) is 1. The highest BCUT2D eigenvalue weighted by Gasteiger charge is 2.11. The fourth-order valence-corrected chi connectivity index (χ4v) is 3.78. The molecule has 2 N–H and O–H groups in total. The summed E-state index contributed by atoms with van der Waals surface area (Å²) >= 11 is 1.65. The number of thiazole rings is 1. The van der Waals surface area contributed by atoms with Crippen molar-refractivity contribution in [2.24, 2.45) is 0 Å². The Morgan fingerprint density at radius 1 is 1.04 bits per heavy atom. The monoisotopic (exact) mass is 360 g/mol. The quantitative estimate of drug-likeness (QED) is 0.526. The molecule has 0 aliphatic rings. The number of nitrogens with one attached hydrogen (secondary N) is 1. The highest BCUT2D eigenvalue weighted by molar-refractivity contribution is 7.21. The summed E-state index contributed by atoms with van der Waals surface area (Å²) in [5.41, 5.74) is 4.13. The van der Waals surface area contributed by atoms with Gasteiger partial charge in [-0.3, -0.25) is 4.79 Å². The van der Waals surface area contributed by atoms with Crippen molar-refractivity contribution in [2.45, 2.75) is 6.92 Å². The number of aromatic hydroxyl groups is 1. The van der Waals surface area contributed by atoms with Crippen LogP contribution in [0.2, 0.25) is 0 Å². The number of hydrogen-bond donors (Lipinski definition) is 2. The predicted octanol–water partition coefficient (Wildman–Crippen LogP) is 5.23. The van der Waals surface area contributed by atoms with E-state index in [1.54, 1.807) is 29.5 Å². The number of aromatic nitrogens is 1. The summed E-state index contributed by atoms with van der Waals surface area (Å²) in [6.45, 7) is 2.07. The lowest BCUT2D eigenvalue weighted by molar-refractivity contribution is 0.102. The largest absolute Gasteiger partial charge is 0.507 e. The van der Waals surface area contributed by atoms with E-state index in [-0.39, 0.29) is 17.2 Å². The van der Waals surface area contributed by atoms with Crippen molar-refractivity contribution in [3.8, 4) is 16.3 Å². The standard InChI is InChI=1S/C21H16N2O2S/c1-13-6-11-17-19(12-13)26-21(23-17)14-7-9-15(10-8-14)22-20(25)16-4-2-3-5-18(16)24/h2-12,24H,1H3,(H,22,25). The number of carbonyl (C=O) groups excluding carboxylic acids is 1. The van der Waals surface area contributed by atoms with E-state index in [0.29, 0.717) is 5.69 Å².